The van der Waals surface area contributed by atoms with Crippen molar-refractivity contribution in [2.24, 2.45) is 0 Å². The smallest absolute Gasteiger partial charge is 0.349 e. The van der Waals surface area contributed by atoms with Crippen LogP contribution in [0.2, 0.25) is 0 Å². The average Bonchev–Trinajstić information content (AvgIpc) is 1.37. The normalized spacial score (nSPS) is 6.00. The second-order valence-electron chi connectivity index (χ2n) is 0.816. The van der Waals surface area contributed by atoms with Crippen molar-refractivity contribution in [2.75, 3.05) is 13.6 Å². The van der Waals surface area contributed by atoms with Gasteiger partial charge < -0.3 is 5.32 Å². The molecule has 0 aliphatic carbocycles. The summed E-state index contributed by atoms with van der Waals surface area (Å²) in [5.41, 5.74) is 0. The minimum atomic E-state index is 0. The molecule has 2 heteroatoms. The van der Waals surface area contributed by atoms with E-state index in [0.717, 1.165) is 0 Å². The fourth-order valence-corrected chi connectivity index (χ4v) is 0. The Kier molecular flexibility index (Phi) is 16.4. The molecule has 0 saturated carbocycles. The van der Waals surface area contributed by atoms with Gasteiger partial charge >= 0.3 is 25.8 Å². The molecule has 0 aliphatic heterocycles. The molecule has 0 aromatic heterocycles. The molecule has 0 radical (unpaired) electrons. The quantitative estimate of drug-likeness (QED) is 0.576. The van der Waals surface area contributed by atoms with E-state index in [1.807, 2.05) is 0 Å². The van der Waals surface area contributed by atoms with E-state index in [1.165, 1.54) is 6.54 Å². The number of hydrogen-bond donors (Lipinski definition) is 1. The molecule has 5 heavy (non-hydrogen) atoms. The molecule has 0 spiro atoms. The van der Waals surface area contributed by atoms with Crippen LogP contribution in [-0.4, -0.2) is 13.6 Å². The fraction of sp³-hybridized carbons (Fsp3) is 1.00. The molecule has 0 fully saturated rings. The first-order valence-electron chi connectivity index (χ1n) is 1.69. The molecule has 0 aliphatic rings. The molecule has 0 amide bonds. The van der Waals surface area contributed by atoms with Crippen LogP contribution in [0.25, 0.3) is 0 Å². The van der Waals surface area contributed by atoms with Crippen LogP contribution in [0, 0.1) is 0 Å². The van der Waals surface area contributed by atoms with Crippen molar-refractivity contribution in [2.45, 2.75) is 6.92 Å². The third-order valence-corrected chi connectivity index (χ3v) is 0.408. The second kappa shape index (κ2) is 8.85. The molecule has 0 heterocycles. The third-order valence-electron chi connectivity index (χ3n) is 0.408. The molecule has 0 saturated heterocycles. The molecule has 0 bridgehead atoms. The van der Waals surface area contributed by atoms with E-state index in [0.29, 0.717) is 0 Å². The van der Waals surface area contributed by atoms with Crippen LogP contribution in [-0.2, 0) is 25.8 Å². The van der Waals surface area contributed by atoms with Gasteiger partial charge in [-0.2, -0.15) is 0 Å². The van der Waals surface area contributed by atoms with Gasteiger partial charge in [0.1, 0.15) is 0 Å². The van der Waals surface area contributed by atoms with Crippen molar-refractivity contribution in [1.82, 2.24) is 0 Å². The molecule has 0 unspecified atom stereocenters. The molecule has 2 N–H and O–H groups in total. The van der Waals surface area contributed by atoms with Gasteiger partial charge in [-0.25, -0.2) is 0 Å². The minimum Gasteiger partial charge on any atom is -0.349 e. The van der Waals surface area contributed by atoms with Crippen molar-refractivity contribution in [3.05, 3.63) is 0 Å². The summed E-state index contributed by atoms with van der Waals surface area (Å²) in [6.07, 6.45) is 0. The summed E-state index contributed by atoms with van der Waals surface area (Å²) < 4.78 is 0. The summed E-state index contributed by atoms with van der Waals surface area (Å²) in [6.45, 7) is 3.32. The van der Waals surface area contributed by atoms with E-state index < -0.39 is 0 Å². The molecule has 0 rings (SSSR count). The van der Waals surface area contributed by atoms with Crippen LogP contribution in [0.5, 0.6) is 0 Å². The minimum absolute atomic E-state index is 0. The number of quaternary nitrogens is 1. The zero-order valence-corrected chi connectivity index (χ0v) is 7.38. The van der Waals surface area contributed by atoms with Crippen molar-refractivity contribution < 1.29 is 31.2 Å². The van der Waals surface area contributed by atoms with Crippen LogP contribution >= 0.6 is 0 Å². The Morgan fingerprint density at radius 1 is 1.60 bits per heavy atom. The largest absolute Gasteiger partial charge is 4.00 e. The Bertz CT molecular complexity index is 8.85. The topological polar surface area (TPSA) is 16.6 Å². The molecular formula is C3H10HfN+5. The molecule has 26 valence electrons. The molecule has 1 nitrogen and oxygen atoms in total. The summed E-state index contributed by atoms with van der Waals surface area (Å²) in [4.78, 5) is 0. The van der Waals surface area contributed by atoms with Gasteiger partial charge in [0.15, 0.2) is 0 Å². The second-order valence-corrected chi connectivity index (χ2v) is 0.816. The Balaban J connectivity index is 0. The summed E-state index contributed by atoms with van der Waals surface area (Å²) in [6, 6.07) is 0. The van der Waals surface area contributed by atoms with Crippen LogP contribution in [0.1, 0.15) is 6.92 Å². The Labute approximate surface area is 51.9 Å². The monoisotopic (exact) mass is 240 g/mol. The first-order valence-corrected chi connectivity index (χ1v) is 1.69. The summed E-state index contributed by atoms with van der Waals surface area (Å²) >= 11 is 0. The third kappa shape index (κ3) is 11.6. The van der Waals surface area contributed by atoms with E-state index in [2.05, 4.69) is 19.3 Å². The van der Waals surface area contributed by atoms with Gasteiger partial charge in [-0.15, -0.1) is 0 Å². The molecular weight excluding hydrogens is 229 g/mol. The maximum absolute atomic E-state index is 2.12. The summed E-state index contributed by atoms with van der Waals surface area (Å²) in [7, 11) is 2.06. The maximum atomic E-state index is 2.12. The number of nitrogens with two attached hydrogens (primary N) is 1. The van der Waals surface area contributed by atoms with Gasteiger partial charge in [-0.1, -0.05) is 0 Å². The van der Waals surface area contributed by atoms with E-state index in [9.17, 15) is 0 Å². The van der Waals surface area contributed by atoms with Crippen LogP contribution in [0.4, 0.5) is 0 Å². The van der Waals surface area contributed by atoms with Crippen molar-refractivity contribution in [3.63, 3.8) is 0 Å². The van der Waals surface area contributed by atoms with Gasteiger partial charge in [0.2, 0.25) is 0 Å². The molecule has 0 aromatic carbocycles. The van der Waals surface area contributed by atoms with E-state index in [4.69, 9.17) is 0 Å². The van der Waals surface area contributed by atoms with Crippen molar-refractivity contribution in [1.29, 1.82) is 0 Å². The number of rotatable bonds is 1. The van der Waals surface area contributed by atoms with Crippen LogP contribution in [0.3, 0.4) is 0 Å². The Morgan fingerprint density at radius 2 is 1.80 bits per heavy atom. The van der Waals surface area contributed by atoms with Gasteiger partial charge in [-0.05, 0) is 6.92 Å². The van der Waals surface area contributed by atoms with Gasteiger partial charge in [0, 0.05) is 0 Å². The van der Waals surface area contributed by atoms with Gasteiger partial charge in [-0.3, -0.25) is 0 Å². The predicted molar refractivity (Wildman–Crippen MR) is 18.4 cm³/mol. The SMILES string of the molecule is CC[NH2+]C.[Hf+4]. The van der Waals surface area contributed by atoms with Crippen molar-refractivity contribution in [3.8, 4) is 0 Å². The van der Waals surface area contributed by atoms with Crippen molar-refractivity contribution >= 4 is 0 Å². The summed E-state index contributed by atoms with van der Waals surface area (Å²) in [5, 5.41) is 2.12. The van der Waals surface area contributed by atoms with E-state index in [1.54, 1.807) is 0 Å². The van der Waals surface area contributed by atoms with Gasteiger partial charge in [0.05, 0.1) is 13.6 Å². The predicted octanol–water partition coefficient (Wildman–Crippen LogP) is -0.803. The molecule has 0 aromatic rings. The van der Waals surface area contributed by atoms with E-state index in [-0.39, 0.29) is 25.8 Å². The Hall–Kier alpha value is 0.830. The standard InChI is InChI=1S/C3H9N.Hf/c1-3-4-2;/h4H,3H2,1-2H3;/q;+4/p+1. The van der Waals surface area contributed by atoms with E-state index >= 15 is 0 Å². The van der Waals surface area contributed by atoms with Crippen LogP contribution < -0.4 is 5.32 Å². The number of hydrogen-bond acceptors (Lipinski definition) is 0. The fourth-order valence-electron chi connectivity index (χ4n) is 0. The maximum Gasteiger partial charge on any atom is 4.00 e. The zero-order valence-electron chi connectivity index (χ0n) is 3.78. The zero-order chi connectivity index (χ0) is 3.41. The first-order chi connectivity index (χ1) is 1.91. The van der Waals surface area contributed by atoms with Gasteiger partial charge in [0.25, 0.3) is 0 Å². The van der Waals surface area contributed by atoms with Crippen LogP contribution in [0.15, 0.2) is 0 Å². The average molecular weight is 239 g/mol. The molecule has 0 atom stereocenters. The Morgan fingerprint density at radius 3 is 1.80 bits per heavy atom. The summed E-state index contributed by atoms with van der Waals surface area (Å²) in [5.74, 6) is 0. The first kappa shape index (κ1) is 9.27.